The van der Waals surface area contributed by atoms with Gasteiger partial charge < -0.3 is 9.30 Å². The first-order valence-corrected chi connectivity index (χ1v) is 11.8. The molecule has 2 aromatic heterocycles. The summed E-state index contributed by atoms with van der Waals surface area (Å²) in [6, 6.07) is 15.8. The minimum atomic E-state index is 0.319. The van der Waals surface area contributed by atoms with Gasteiger partial charge in [0.2, 0.25) is 0 Å². The summed E-state index contributed by atoms with van der Waals surface area (Å²) in [4.78, 5) is 4.81. The number of hydrogen-bond donors (Lipinski definition) is 0. The molecule has 0 atom stereocenters. The molecule has 0 aliphatic heterocycles. The summed E-state index contributed by atoms with van der Waals surface area (Å²) in [7, 11) is 0. The number of aryl methyl sites for hydroxylation is 1. The van der Waals surface area contributed by atoms with Crippen molar-refractivity contribution < 1.29 is 4.74 Å². The molecule has 0 amide bonds. The molecular weight excluding hydrogens is 436 g/mol. The highest BCUT2D eigenvalue weighted by Gasteiger charge is 2.14. The van der Waals surface area contributed by atoms with Crippen molar-refractivity contribution in [2.24, 2.45) is 0 Å². The SMILES string of the molecule is CCn1c(COc2ccccc2Cl)nnc1SCc1csc(-c2ccccc2C)n1. The smallest absolute Gasteiger partial charge is 0.191 e. The number of halogens is 1. The minimum absolute atomic E-state index is 0.319. The maximum Gasteiger partial charge on any atom is 0.191 e. The van der Waals surface area contributed by atoms with Crippen LogP contribution in [0, 0.1) is 6.92 Å². The average Bonchev–Trinajstić information content (AvgIpc) is 3.38. The van der Waals surface area contributed by atoms with Crippen molar-refractivity contribution in [3.63, 3.8) is 0 Å². The third kappa shape index (κ3) is 4.69. The lowest BCUT2D eigenvalue weighted by Gasteiger charge is -2.09. The summed E-state index contributed by atoms with van der Waals surface area (Å²) in [6.45, 7) is 5.27. The Balaban J connectivity index is 1.42. The van der Waals surface area contributed by atoms with Crippen molar-refractivity contribution in [2.45, 2.75) is 37.9 Å². The second-order valence-corrected chi connectivity index (χ2v) is 8.82. The Morgan fingerprint density at radius 1 is 1.10 bits per heavy atom. The Morgan fingerprint density at radius 2 is 1.90 bits per heavy atom. The molecule has 30 heavy (non-hydrogen) atoms. The molecule has 8 heteroatoms. The van der Waals surface area contributed by atoms with Crippen molar-refractivity contribution in [1.82, 2.24) is 19.7 Å². The summed E-state index contributed by atoms with van der Waals surface area (Å²) < 4.78 is 7.90. The van der Waals surface area contributed by atoms with Gasteiger partial charge in [-0.05, 0) is 31.5 Å². The number of benzene rings is 2. The van der Waals surface area contributed by atoms with Crippen molar-refractivity contribution in [2.75, 3.05) is 0 Å². The van der Waals surface area contributed by atoms with Crippen LogP contribution in [0.25, 0.3) is 10.6 Å². The second-order valence-electron chi connectivity index (χ2n) is 6.61. The fraction of sp³-hybridized carbons (Fsp3) is 0.227. The van der Waals surface area contributed by atoms with Crippen LogP contribution in [0.15, 0.2) is 59.1 Å². The van der Waals surface area contributed by atoms with Gasteiger partial charge in [-0.1, -0.05) is 59.8 Å². The van der Waals surface area contributed by atoms with Gasteiger partial charge in [-0.25, -0.2) is 4.98 Å². The molecule has 0 saturated carbocycles. The molecule has 0 spiro atoms. The molecule has 4 aromatic rings. The van der Waals surface area contributed by atoms with Gasteiger partial charge in [0.15, 0.2) is 11.0 Å². The van der Waals surface area contributed by atoms with Crippen molar-refractivity contribution in [3.05, 3.63) is 76.0 Å². The van der Waals surface area contributed by atoms with E-state index in [1.54, 1.807) is 23.1 Å². The zero-order valence-corrected chi connectivity index (χ0v) is 19.1. The first-order valence-electron chi connectivity index (χ1n) is 9.58. The van der Waals surface area contributed by atoms with E-state index >= 15 is 0 Å². The molecule has 4 rings (SSSR count). The Bertz CT molecular complexity index is 1140. The first kappa shape index (κ1) is 20.9. The molecule has 0 unspecified atom stereocenters. The number of para-hydroxylation sites is 1. The topological polar surface area (TPSA) is 52.8 Å². The molecule has 0 aliphatic rings. The standard InChI is InChI=1S/C22H21ClN4OS2/c1-3-27-20(12-28-19-11-7-6-10-18(19)23)25-26-22(27)30-14-16-13-29-21(24-16)17-9-5-4-8-15(17)2/h4-11,13H,3,12,14H2,1-2H3. The highest BCUT2D eigenvalue weighted by molar-refractivity contribution is 7.98. The molecule has 0 bridgehead atoms. The monoisotopic (exact) mass is 456 g/mol. The van der Waals surface area contributed by atoms with Gasteiger partial charge in [0.05, 0.1) is 10.7 Å². The molecule has 0 saturated heterocycles. The van der Waals surface area contributed by atoms with Crippen molar-refractivity contribution in [3.8, 4) is 16.3 Å². The zero-order valence-electron chi connectivity index (χ0n) is 16.7. The number of hydrogen-bond acceptors (Lipinski definition) is 6. The van der Waals surface area contributed by atoms with E-state index in [0.29, 0.717) is 17.4 Å². The second kappa shape index (κ2) is 9.64. The summed E-state index contributed by atoms with van der Waals surface area (Å²) in [5, 5.41) is 13.3. The van der Waals surface area contributed by atoms with Gasteiger partial charge in [-0.15, -0.1) is 21.5 Å². The molecule has 2 heterocycles. The largest absolute Gasteiger partial charge is 0.484 e. The molecule has 0 N–H and O–H groups in total. The predicted octanol–water partition coefficient (Wildman–Crippen LogP) is 6.25. The number of ether oxygens (including phenoxy) is 1. The fourth-order valence-corrected chi connectivity index (χ4v) is 5.12. The molecule has 0 aliphatic carbocycles. The maximum absolute atomic E-state index is 6.16. The Morgan fingerprint density at radius 3 is 2.70 bits per heavy atom. The van der Waals surface area contributed by atoms with Crippen LogP contribution in [0.4, 0.5) is 0 Å². The number of rotatable bonds is 8. The Hall–Kier alpha value is -2.35. The van der Waals surface area contributed by atoms with E-state index in [-0.39, 0.29) is 0 Å². The minimum Gasteiger partial charge on any atom is -0.484 e. The van der Waals surface area contributed by atoms with Crippen LogP contribution in [-0.4, -0.2) is 19.7 Å². The highest BCUT2D eigenvalue weighted by atomic mass is 35.5. The summed E-state index contributed by atoms with van der Waals surface area (Å²) in [6.07, 6.45) is 0. The van der Waals surface area contributed by atoms with Crippen molar-refractivity contribution >= 4 is 34.7 Å². The molecule has 0 fully saturated rings. The van der Waals surface area contributed by atoms with Gasteiger partial charge in [0.1, 0.15) is 17.4 Å². The third-order valence-electron chi connectivity index (χ3n) is 4.58. The molecule has 5 nitrogen and oxygen atoms in total. The number of nitrogens with zero attached hydrogens (tertiary/aromatic N) is 4. The van der Waals surface area contributed by atoms with Gasteiger partial charge in [-0.3, -0.25) is 0 Å². The molecule has 154 valence electrons. The lowest BCUT2D eigenvalue weighted by atomic mass is 10.1. The highest BCUT2D eigenvalue weighted by Crippen LogP contribution is 2.30. The maximum atomic E-state index is 6.16. The Labute approximate surface area is 189 Å². The van der Waals surface area contributed by atoms with E-state index in [1.165, 1.54) is 11.1 Å². The zero-order chi connectivity index (χ0) is 20.9. The molecular formula is C22H21ClN4OS2. The number of thioether (sulfide) groups is 1. The van der Waals surface area contributed by atoms with Crippen LogP contribution in [0.3, 0.4) is 0 Å². The van der Waals surface area contributed by atoms with Gasteiger partial charge in [-0.2, -0.15) is 0 Å². The van der Waals surface area contributed by atoms with Crippen LogP contribution < -0.4 is 4.74 Å². The van der Waals surface area contributed by atoms with Crippen LogP contribution >= 0.6 is 34.7 Å². The van der Waals surface area contributed by atoms with E-state index < -0.39 is 0 Å². The summed E-state index contributed by atoms with van der Waals surface area (Å²) in [5.41, 5.74) is 3.47. The first-order chi connectivity index (χ1) is 14.7. The van der Waals surface area contributed by atoms with E-state index in [2.05, 4.69) is 46.1 Å². The average molecular weight is 457 g/mol. The summed E-state index contributed by atoms with van der Waals surface area (Å²) in [5.74, 6) is 2.16. The van der Waals surface area contributed by atoms with E-state index in [1.807, 2.05) is 36.4 Å². The quantitative estimate of drug-likeness (QED) is 0.293. The van der Waals surface area contributed by atoms with Gasteiger partial charge in [0.25, 0.3) is 0 Å². The van der Waals surface area contributed by atoms with Crippen LogP contribution in [0.1, 0.15) is 24.0 Å². The van der Waals surface area contributed by atoms with E-state index in [4.69, 9.17) is 21.3 Å². The number of thiazole rings is 1. The summed E-state index contributed by atoms with van der Waals surface area (Å²) >= 11 is 9.47. The lowest BCUT2D eigenvalue weighted by molar-refractivity contribution is 0.288. The van der Waals surface area contributed by atoms with Gasteiger partial charge >= 0.3 is 0 Å². The van der Waals surface area contributed by atoms with Crippen LogP contribution in [-0.2, 0) is 18.9 Å². The number of aromatic nitrogens is 4. The van der Waals surface area contributed by atoms with Crippen LogP contribution in [0.5, 0.6) is 5.75 Å². The van der Waals surface area contributed by atoms with Crippen LogP contribution in [0.2, 0.25) is 5.02 Å². The normalized spacial score (nSPS) is 11.0. The third-order valence-corrected chi connectivity index (χ3v) is 6.82. The molecule has 2 aromatic carbocycles. The van der Waals surface area contributed by atoms with E-state index in [0.717, 1.165) is 34.0 Å². The molecule has 0 radical (unpaired) electrons. The lowest BCUT2D eigenvalue weighted by Crippen LogP contribution is -2.07. The Kier molecular flexibility index (Phi) is 6.72. The predicted molar refractivity (Wildman–Crippen MR) is 123 cm³/mol. The van der Waals surface area contributed by atoms with Gasteiger partial charge in [0, 0.05) is 23.2 Å². The van der Waals surface area contributed by atoms with E-state index in [9.17, 15) is 0 Å². The van der Waals surface area contributed by atoms with Crippen molar-refractivity contribution in [1.29, 1.82) is 0 Å². The fourth-order valence-electron chi connectivity index (χ4n) is 3.00.